The summed E-state index contributed by atoms with van der Waals surface area (Å²) in [6, 6.07) is 8.71. The molecule has 1 aromatic carbocycles. The molecule has 1 spiro atoms. The van der Waals surface area contributed by atoms with Crippen LogP contribution in [0.2, 0.25) is 0 Å². The standard InChI is InChI=1S/C14H14Br/c15-12-5-3-8-14(10-12)9-7-11-4-1-2-6-13(11)14/h1-2,4,6,9,12H,3,5,8,10H2. The molecule has 0 amide bonds. The number of hydrogen-bond donors (Lipinski definition) is 0. The largest absolute Gasteiger partial charge is 0.0890 e. The molecule has 1 aromatic rings. The molecule has 0 heterocycles. The normalized spacial score (nSPS) is 33.3. The van der Waals surface area contributed by atoms with E-state index in [-0.39, 0.29) is 0 Å². The van der Waals surface area contributed by atoms with Crippen molar-refractivity contribution in [2.75, 3.05) is 0 Å². The van der Waals surface area contributed by atoms with Gasteiger partial charge >= 0.3 is 0 Å². The van der Waals surface area contributed by atoms with Gasteiger partial charge in [-0.1, -0.05) is 52.7 Å². The van der Waals surface area contributed by atoms with E-state index in [4.69, 9.17) is 0 Å². The Morgan fingerprint density at radius 1 is 1.33 bits per heavy atom. The predicted molar refractivity (Wildman–Crippen MR) is 66.2 cm³/mol. The van der Waals surface area contributed by atoms with Crippen molar-refractivity contribution in [2.24, 2.45) is 0 Å². The minimum absolute atomic E-state index is 0.295. The number of halogens is 1. The van der Waals surface area contributed by atoms with Crippen LogP contribution in [0.5, 0.6) is 0 Å². The highest BCUT2D eigenvalue weighted by Crippen LogP contribution is 2.47. The lowest BCUT2D eigenvalue weighted by molar-refractivity contribution is 0.373. The van der Waals surface area contributed by atoms with Gasteiger partial charge < -0.3 is 0 Å². The zero-order chi connectivity index (χ0) is 10.3. The summed E-state index contributed by atoms with van der Waals surface area (Å²) in [7, 11) is 0. The molecule has 1 saturated carbocycles. The first-order valence-corrected chi connectivity index (χ1v) is 6.56. The van der Waals surface area contributed by atoms with Crippen molar-refractivity contribution in [1.82, 2.24) is 0 Å². The summed E-state index contributed by atoms with van der Waals surface area (Å²) in [5, 5.41) is 0. The first-order valence-electron chi connectivity index (χ1n) is 5.65. The van der Waals surface area contributed by atoms with Crippen LogP contribution >= 0.6 is 15.9 Å². The highest BCUT2D eigenvalue weighted by Gasteiger charge is 2.38. The second-order valence-electron chi connectivity index (χ2n) is 4.68. The first kappa shape index (κ1) is 9.65. The molecule has 2 aliphatic rings. The number of fused-ring (bicyclic) bond motifs is 2. The first-order chi connectivity index (χ1) is 7.30. The molecular weight excluding hydrogens is 248 g/mol. The fourth-order valence-electron chi connectivity index (χ4n) is 2.95. The molecule has 0 aromatic heterocycles. The maximum atomic E-state index is 3.78. The van der Waals surface area contributed by atoms with Gasteiger partial charge in [-0.3, -0.25) is 0 Å². The third kappa shape index (κ3) is 1.48. The maximum absolute atomic E-state index is 3.78. The van der Waals surface area contributed by atoms with Crippen molar-refractivity contribution in [1.29, 1.82) is 0 Å². The van der Waals surface area contributed by atoms with Crippen molar-refractivity contribution < 1.29 is 0 Å². The summed E-state index contributed by atoms with van der Waals surface area (Å²) in [6.45, 7) is 0. The number of alkyl halides is 1. The van der Waals surface area contributed by atoms with Gasteiger partial charge in [-0.15, -0.1) is 0 Å². The molecule has 0 saturated heterocycles. The van der Waals surface area contributed by atoms with Gasteiger partial charge in [0, 0.05) is 10.2 Å². The Morgan fingerprint density at radius 3 is 3.07 bits per heavy atom. The van der Waals surface area contributed by atoms with Crippen LogP contribution in [0.3, 0.4) is 0 Å². The zero-order valence-corrected chi connectivity index (χ0v) is 10.3. The lowest BCUT2D eigenvalue weighted by Gasteiger charge is -2.35. The van der Waals surface area contributed by atoms with E-state index >= 15 is 0 Å². The lowest BCUT2D eigenvalue weighted by atomic mass is 9.71. The fourth-order valence-corrected chi connectivity index (χ4v) is 3.85. The third-order valence-electron chi connectivity index (χ3n) is 3.69. The van der Waals surface area contributed by atoms with Gasteiger partial charge in [0.1, 0.15) is 0 Å². The molecule has 0 bridgehead atoms. The molecule has 0 N–H and O–H groups in total. The minimum Gasteiger partial charge on any atom is -0.0890 e. The topological polar surface area (TPSA) is 0 Å². The minimum atomic E-state index is 0.295. The molecule has 3 rings (SSSR count). The smallest absolute Gasteiger partial charge is 0.0158 e. The Bertz CT molecular complexity index is 408. The zero-order valence-electron chi connectivity index (χ0n) is 8.67. The summed E-state index contributed by atoms with van der Waals surface area (Å²) in [4.78, 5) is 0.676. The van der Waals surface area contributed by atoms with E-state index in [1.807, 2.05) is 0 Å². The second kappa shape index (κ2) is 3.48. The molecule has 2 atom stereocenters. The summed E-state index contributed by atoms with van der Waals surface area (Å²) in [5.74, 6) is 0. The summed E-state index contributed by atoms with van der Waals surface area (Å²) in [6.07, 6.45) is 10.9. The van der Waals surface area contributed by atoms with E-state index in [2.05, 4.69) is 52.3 Å². The number of rotatable bonds is 0. The molecule has 1 radical (unpaired) electrons. The summed E-state index contributed by atoms with van der Waals surface area (Å²) < 4.78 is 0. The van der Waals surface area contributed by atoms with Crippen LogP contribution in [-0.2, 0) is 5.41 Å². The van der Waals surface area contributed by atoms with Crippen molar-refractivity contribution in [2.45, 2.75) is 35.9 Å². The second-order valence-corrected chi connectivity index (χ2v) is 5.98. The molecule has 0 aliphatic heterocycles. The molecule has 15 heavy (non-hydrogen) atoms. The van der Waals surface area contributed by atoms with E-state index in [1.165, 1.54) is 36.8 Å². The number of benzene rings is 1. The van der Waals surface area contributed by atoms with E-state index in [0.717, 1.165) is 0 Å². The molecule has 77 valence electrons. The van der Waals surface area contributed by atoms with Crippen molar-refractivity contribution in [3.05, 3.63) is 47.5 Å². The van der Waals surface area contributed by atoms with Gasteiger partial charge in [-0.05, 0) is 36.5 Å². The monoisotopic (exact) mass is 261 g/mol. The molecule has 0 nitrogen and oxygen atoms in total. The lowest BCUT2D eigenvalue weighted by Crippen LogP contribution is -2.30. The van der Waals surface area contributed by atoms with Crippen molar-refractivity contribution >= 4 is 15.9 Å². The Morgan fingerprint density at radius 2 is 2.20 bits per heavy atom. The number of hydrogen-bond acceptors (Lipinski definition) is 0. The van der Waals surface area contributed by atoms with E-state index in [1.54, 1.807) is 0 Å². The Labute approximate surface area is 99.5 Å². The van der Waals surface area contributed by atoms with E-state index in [0.29, 0.717) is 10.2 Å². The van der Waals surface area contributed by atoms with Crippen LogP contribution in [0, 0.1) is 6.08 Å². The van der Waals surface area contributed by atoms with Gasteiger partial charge in [-0.2, -0.15) is 0 Å². The van der Waals surface area contributed by atoms with Crippen LogP contribution in [-0.4, -0.2) is 4.83 Å². The number of allylic oxidation sites excluding steroid dienone is 1. The van der Waals surface area contributed by atoms with Gasteiger partial charge in [0.2, 0.25) is 0 Å². The Hall–Kier alpha value is -0.560. The van der Waals surface area contributed by atoms with Crippen molar-refractivity contribution in [3.8, 4) is 0 Å². The van der Waals surface area contributed by atoms with Gasteiger partial charge in [-0.25, -0.2) is 0 Å². The fraction of sp³-hybridized carbons (Fsp3) is 0.429. The molecule has 1 fully saturated rings. The van der Waals surface area contributed by atoms with Crippen LogP contribution < -0.4 is 0 Å². The highest BCUT2D eigenvalue weighted by molar-refractivity contribution is 9.09. The molecule has 2 unspecified atom stereocenters. The van der Waals surface area contributed by atoms with Crippen LogP contribution in [0.1, 0.15) is 36.8 Å². The third-order valence-corrected chi connectivity index (χ3v) is 4.47. The summed E-state index contributed by atoms with van der Waals surface area (Å²) >= 11 is 3.78. The summed E-state index contributed by atoms with van der Waals surface area (Å²) in [5.41, 5.74) is 3.09. The molecule has 1 heteroatoms. The average molecular weight is 262 g/mol. The quantitative estimate of drug-likeness (QED) is 0.620. The average Bonchev–Trinajstić information content (AvgIpc) is 2.59. The van der Waals surface area contributed by atoms with Gasteiger partial charge in [0.15, 0.2) is 0 Å². The van der Waals surface area contributed by atoms with E-state index in [9.17, 15) is 0 Å². The molecule has 2 aliphatic carbocycles. The van der Waals surface area contributed by atoms with Crippen LogP contribution in [0.25, 0.3) is 0 Å². The van der Waals surface area contributed by atoms with Gasteiger partial charge in [0.25, 0.3) is 0 Å². The Kier molecular flexibility index (Phi) is 2.24. The van der Waals surface area contributed by atoms with Crippen LogP contribution in [0.15, 0.2) is 30.3 Å². The Balaban J connectivity index is 2.04. The molecular formula is C14H14Br. The van der Waals surface area contributed by atoms with E-state index < -0.39 is 0 Å². The van der Waals surface area contributed by atoms with Gasteiger partial charge in [0.05, 0.1) is 0 Å². The SMILES string of the molecule is BrC1CCCC2(C=[C]c3ccccc32)C1. The van der Waals surface area contributed by atoms with Crippen molar-refractivity contribution in [3.63, 3.8) is 0 Å². The highest BCUT2D eigenvalue weighted by atomic mass is 79.9. The predicted octanol–water partition coefficient (Wildman–Crippen LogP) is 3.98. The van der Waals surface area contributed by atoms with Crippen LogP contribution in [0.4, 0.5) is 0 Å². The maximum Gasteiger partial charge on any atom is 0.0158 e.